The highest BCUT2D eigenvalue weighted by Crippen LogP contribution is 2.64. The maximum atomic E-state index is 10.2. The summed E-state index contributed by atoms with van der Waals surface area (Å²) < 4.78 is 6.71. The van der Waals surface area contributed by atoms with Gasteiger partial charge < -0.3 is 15.6 Å². The van der Waals surface area contributed by atoms with Gasteiger partial charge >= 0.3 is 0 Å². The van der Waals surface area contributed by atoms with Crippen molar-refractivity contribution in [3.05, 3.63) is 29.3 Å². The first-order valence-electron chi connectivity index (χ1n) is 10.0. The predicted molar refractivity (Wildman–Crippen MR) is 95.6 cm³/mol. The largest absolute Gasteiger partial charge is 0.508 e. The van der Waals surface area contributed by atoms with Crippen LogP contribution in [0.5, 0.6) is 5.75 Å². The van der Waals surface area contributed by atoms with Gasteiger partial charge in [0.25, 0.3) is 0 Å². The highest BCUT2D eigenvalue weighted by Gasteiger charge is 2.70. The minimum Gasteiger partial charge on any atom is -0.508 e. The lowest BCUT2D eigenvalue weighted by Crippen LogP contribution is -2.80. The van der Waals surface area contributed by atoms with Gasteiger partial charge in [0.05, 0.1) is 12.2 Å². The van der Waals surface area contributed by atoms with Gasteiger partial charge in [0.2, 0.25) is 0 Å². The molecule has 4 atom stereocenters. The lowest BCUT2D eigenvalue weighted by Gasteiger charge is -2.71. The lowest BCUT2D eigenvalue weighted by atomic mass is 9.45. The topological polar surface area (TPSA) is 58.7 Å². The van der Waals surface area contributed by atoms with Crippen LogP contribution in [-0.4, -0.2) is 46.9 Å². The molecule has 1 aromatic rings. The van der Waals surface area contributed by atoms with Gasteiger partial charge in [-0.2, -0.15) is 0 Å². The Kier molecular flexibility index (Phi) is 2.76. The monoisotopic (exact) mass is 340 g/mol. The molecule has 5 fully saturated rings. The molecule has 4 bridgehead atoms. The summed E-state index contributed by atoms with van der Waals surface area (Å²) in [5, 5.41) is 10.2. The highest BCUT2D eigenvalue weighted by molar-refractivity contribution is 5.49. The number of benzene rings is 1. The summed E-state index contributed by atoms with van der Waals surface area (Å²) in [6, 6.07) is 6.51. The third kappa shape index (κ3) is 1.83. The number of phenolic OH excluding ortho intramolecular Hbond substituents is 1. The molecule has 0 amide bonds. The van der Waals surface area contributed by atoms with Crippen molar-refractivity contribution >= 4 is 0 Å². The number of fused-ring (bicyclic) bond motifs is 3. The van der Waals surface area contributed by atoms with Crippen molar-refractivity contribution in [3.8, 4) is 5.75 Å². The molecule has 0 radical (unpaired) electrons. The number of piperidine rings is 1. The molecule has 3 heterocycles. The molecule has 6 aliphatic rings. The second-order valence-corrected chi connectivity index (χ2v) is 9.55. The zero-order chi connectivity index (χ0) is 16.9. The van der Waals surface area contributed by atoms with Crippen molar-refractivity contribution in [1.82, 2.24) is 4.90 Å². The molecule has 0 aromatic heterocycles. The van der Waals surface area contributed by atoms with Crippen LogP contribution in [0.1, 0.15) is 49.7 Å². The predicted octanol–water partition coefficient (Wildman–Crippen LogP) is 2.32. The molecule has 7 rings (SSSR count). The molecule has 134 valence electrons. The van der Waals surface area contributed by atoms with E-state index in [1.807, 2.05) is 12.1 Å². The average molecular weight is 340 g/mol. The third-order valence-electron chi connectivity index (χ3n) is 8.09. The Hall–Kier alpha value is -1.10. The lowest BCUT2D eigenvalue weighted by molar-refractivity contribution is -0.258. The van der Waals surface area contributed by atoms with E-state index in [-0.39, 0.29) is 16.6 Å². The van der Waals surface area contributed by atoms with Gasteiger partial charge in [0, 0.05) is 23.5 Å². The van der Waals surface area contributed by atoms with Gasteiger partial charge in [-0.15, -0.1) is 0 Å². The van der Waals surface area contributed by atoms with Crippen molar-refractivity contribution in [3.63, 3.8) is 0 Å². The highest BCUT2D eigenvalue weighted by atomic mass is 16.5. The summed E-state index contributed by atoms with van der Waals surface area (Å²) in [6.07, 6.45) is 8.15. The van der Waals surface area contributed by atoms with E-state index in [4.69, 9.17) is 10.5 Å². The number of hydrogen-bond donors (Lipinski definition) is 2. The van der Waals surface area contributed by atoms with E-state index in [1.54, 1.807) is 0 Å². The average Bonchev–Trinajstić information content (AvgIpc) is 3.41. The zero-order valence-electron chi connectivity index (χ0n) is 14.8. The van der Waals surface area contributed by atoms with E-state index in [9.17, 15) is 5.11 Å². The summed E-state index contributed by atoms with van der Waals surface area (Å²) in [4.78, 5) is 2.75. The molecule has 3 saturated heterocycles. The molecule has 3 unspecified atom stereocenters. The zero-order valence-corrected chi connectivity index (χ0v) is 14.8. The van der Waals surface area contributed by atoms with Crippen molar-refractivity contribution in [1.29, 1.82) is 0 Å². The standard InChI is InChI=1S/C21H28N2O2/c22-19-5-6-21(25-13-19)18-9-15-3-4-16(24)10-17(15)20(21,12-19)7-8-23(18)11-14-1-2-14/h3-4,10,14,18,24H,1-2,5-9,11-13,22H2/t18-,19?,20?,21?/m1/s1. The summed E-state index contributed by atoms with van der Waals surface area (Å²) in [6.45, 7) is 3.10. The molecule has 3 aliphatic carbocycles. The summed E-state index contributed by atoms with van der Waals surface area (Å²) in [7, 11) is 0. The normalized spacial score (nSPS) is 45.1. The van der Waals surface area contributed by atoms with Crippen molar-refractivity contribution < 1.29 is 9.84 Å². The fraction of sp³-hybridized carbons (Fsp3) is 0.714. The first kappa shape index (κ1) is 15.0. The van der Waals surface area contributed by atoms with Crippen LogP contribution in [0.25, 0.3) is 0 Å². The number of ether oxygens (including phenoxy) is 1. The van der Waals surface area contributed by atoms with Crippen LogP contribution < -0.4 is 5.73 Å². The van der Waals surface area contributed by atoms with E-state index in [2.05, 4.69) is 11.0 Å². The number of nitrogens with zero attached hydrogens (tertiary/aromatic N) is 1. The Morgan fingerprint density at radius 1 is 1.24 bits per heavy atom. The van der Waals surface area contributed by atoms with E-state index < -0.39 is 0 Å². The molecular weight excluding hydrogens is 312 g/mol. The van der Waals surface area contributed by atoms with E-state index in [1.165, 1.54) is 30.5 Å². The van der Waals surface area contributed by atoms with Gasteiger partial charge in [0.15, 0.2) is 0 Å². The van der Waals surface area contributed by atoms with Crippen LogP contribution in [-0.2, 0) is 16.6 Å². The fourth-order valence-electron chi connectivity index (χ4n) is 6.78. The minimum absolute atomic E-state index is 0.00467. The number of nitrogens with two attached hydrogens (primary N) is 1. The van der Waals surface area contributed by atoms with Gasteiger partial charge in [-0.25, -0.2) is 0 Å². The fourth-order valence-corrected chi connectivity index (χ4v) is 6.78. The summed E-state index contributed by atoms with van der Waals surface area (Å²) in [5.41, 5.74) is 9.21. The number of hydrogen-bond acceptors (Lipinski definition) is 4. The van der Waals surface area contributed by atoms with E-state index in [0.717, 1.165) is 44.6 Å². The molecule has 1 spiro atoms. The Balaban J connectivity index is 1.53. The van der Waals surface area contributed by atoms with Crippen LogP contribution in [0, 0.1) is 5.92 Å². The molecule has 4 nitrogen and oxygen atoms in total. The number of likely N-dealkylation sites (tertiary alicyclic amines) is 1. The molecule has 3 aliphatic heterocycles. The molecule has 1 aromatic carbocycles. The van der Waals surface area contributed by atoms with E-state index in [0.29, 0.717) is 18.4 Å². The SMILES string of the molecule is NC12CCC3(OC1)[C@H]1Cc4ccc(O)cc4C3(CCN1CC1CC1)C2. The quantitative estimate of drug-likeness (QED) is 0.867. The van der Waals surface area contributed by atoms with Crippen LogP contribution in [0.2, 0.25) is 0 Å². The first-order valence-corrected chi connectivity index (χ1v) is 10.0. The second kappa shape index (κ2) is 4.59. The minimum atomic E-state index is -0.189. The first-order chi connectivity index (χ1) is 12.0. The third-order valence-corrected chi connectivity index (χ3v) is 8.09. The maximum absolute atomic E-state index is 10.2. The summed E-state index contributed by atoms with van der Waals surface area (Å²) >= 11 is 0. The molecule has 25 heavy (non-hydrogen) atoms. The van der Waals surface area contributed by atoms with Crippen LogP contribution in [0.4, 0.5) is 0 Å². The molecular formula is C21H28N2O2. The van der Waals surface area contributed by atoms with Crippen molar-refractivity contribution in [2.75, 3.05) is 19.7 Å². The van der Waals surface area contributed by atoms with Gasteiger partial charge in [-0.1, -0.05) is 6.07 Å². The van der Waals surface area contributed by atoms with Crippen LogP contribution in [0.3, 0.4) is 0 Å². The van der Waals surface area contributed by atoms with Gasteiger partial charge in [0.1, 0.15) is 5.75 Å². The molecule has 2 saturated carbocycles. The van der Waals surface area contributed by atoms with Gasteiger partial charge in [-0.05, 0) is 80.7 Å². The van der Waals surface area contributed by atoms with Crippen LogP contribution >= 0.6 is 0 Å². The molecule has 3 N–H and O–H groups in total. The maximum Gasteiger partial charge on any atom is 0.115 e. The Bertz CT molecular complexity index is 735. The molecule has 4 heteroatoms. The smallest absolute Gasteiger partial charge is 0.115 e. The number of aromatic hydroxyl groups is 1. The summed E-state index contributed by atoms with van der Waals surface area (Å²) in [5.74, 6) is 1.29. The Morgan fingerprint density at radius 3 is 2.88 bits per heavy atom. The van der Waals surface area contributed by atoms with Gasteiger partial charge in [-0.3, -0.25) is 4.90 Å². The van der Waals surface area contributed by atoms with E-state index >= 15 is 0 Å². The second-order valence-electron chi connectivity index (χ2n) is 9.55. The van der Waals surface area contributed by atoms with Crippen LogP contribution in [0.15, 0.2) is 18.2 Å². The Morgan fingerprint density at radius 2 is 2.12 bits per heavy atom. The number of phenols is 1. The number of rotatable bonds is 2. The van der Waals surface area contributed by atoms with Crippen molar-refractivity contribution in [2.45, 2.75) is 67.5 Å². The van der Waals surface area contributed by atoms with Crippen molar-refractivity contribution in [2.24, 2.45) is 11.7 Å². The Labute approximate surface area is 149 Å².